The Hall–Kier alpha value is -2.57. The van der Waals surface area contributed by atoms with Crippen molar-refractivity contribution in [1.29, 1.82) is 0 Å². The Balaban J connectivity index is 1.65. The molecule has 1 N–H and O–H groups in total. The lowest BCUT2D eigenvalue weighted by Crippen LogP contribution is -2.45. The number of nitrogens with one attached hydrogen (secondary N) is 1. The van der Waals surface area contributed by atoms with Gasteiger partial charge in [-0.3, -0.25) is 4.31 Å². The summed E-state index contributed by atoms with van der Waals surface area (Å²) in [5, 5.41) is 5.11. The van der Waals surface area contributed by atoms with Crippen molar-refractivity contribution in [2.45, 2.75) is 30.7 Å². The molecular formula is C24H27N3O2S. The number of nitrogens with zero attached hydrogens (tertiary/aromatic N) is 2. The first kappa shape index (κ1) is 19.4. The van der Waals surface area contributed by atoms with E-state index < -0.39 is 10.0 Å². The molecule has 0 bridgehead atoms. The van der Waals surface area contributed by atoms with E-state index in [0.717, 1.165) is 61.0 Å². The monoisotopic (exact) mass is 421 g/mol. The van der Waals surface area contributed by atoms with Crippen LogP contribution >= 0.6 is 0 Å². The summed E-state index contributed by atoms with van der Waals surface area (Å²) in [4.78, 5) is 2.77. The van der Waals surface area contributed by atoms with Crippen LogP contribution in [0.15, 0.2) is 65.6 Å². The fraction of sp³-hybridized carbons (Fsp3) is 0.333. The van der Waals surface area contributed by atoms with E-state index in [1.54, 1.807) is 10.4 Å². The molecule has 30 heavy (non-hydrogen) atoms. The zero-order valence-electron chi connectivity index (χ0n) is 17.2. The summed E-state index contributed by atoms with van der Waals surface area (Å²) in [7, 11) is -3.70. The third-order valence-electron chi connectivity index (χ3n) is 6.32. The van der Waals surface area contributed by atoms with Crippen molar-refractivity contribution in [3.05, 3.63) is 66.2 Å². The molecule has 3 aromatic rings. The molecule has 0 spiro atoms. The molecule has 0 saturated carbocycles. The first-order chi connectivity index (χ1) is 14.6. The molecule has 5 nitrogen and oxygen atoms in total. The van der Waals surface area contributed by atoms with Crippen LogP contribution in [0.3, 0.4) is 0 Å². The van der Waals surface area contributed by atoms with E-state index in [0.29, 0.717) is 4.90 Å². The van der Waals surface area contributed by atoms with Gasteiger partial charge < -0.3 is 10.2 Å². The van der Waals surface area contributed by atoms with E-state index >= 15 is 0 Å². The highest BCUT2D eigenvalue weighted by molar-refractivity contribution is 7.93. The summed E-state index contributed by atoms with van der Waals surface area (Å²) in [6.07, 6.45) is 1.72. The second kappa shape index (κ2) is 7.60. The van der Waals surface area contributed by atoms with Gasteiger partial charge in [0.1, 0.15) is 0 Å². The molecule has 1 atom stereocenters. The number of rotatable bonds is 3. The van der Waals surface area contributed by atoms with Crippen LogP contribution in [0.4, 0.5) is 11.4 Å². The van der Waals surface area contributed by atoms with Crippen molar-refractivity contribution in [3.63, 3.8) is 0 Å². The summed E-state index contributed by atoms with van der Waals surface area (Å²) in [5.41, 5.74) is 3.16. The van der Waals surface area contributed by atoms with Gasteiger partial charge in [0.15, 0.2) is 0 Å². The molecule has 5 rings (SSSR count). The van der Waals surface area contributed by atoms with Crippen molar-refractivity contribution in [2.24, 2.45) is 0 Å². The molecule has 2 heterocycles. The molecule has 156 valence electrons. The van der Waals surface area contributed by atoms with E-state index in [1.165, 1.54) is 5.69 Å². The zero-order valence-corrected chi connectivity index (χ0v) is 18.0. The third kappa shape index (κ3) is 3.15. The SMILES string of the molecule is CC1CCc2c(N3CCNCC3)cccc2N1S(=O)(=O)c1cccc2ccccc12. The van der Waals surface area contributed by atoms with Crippen molar-refractivity contribution in [2.75, 3.05) is 35.4 Å². The third-order valence-corrected chi connectivity index (χ3v) is 8.31. The van der Waals surface area contributed by atoms with E-state index in [1.807, 2.05) is 55.5 Å². The normalized spacial score (nSPS) is 19.7. The summed E-state index contributed by atoms with van der Waals surface area (Å²) in [6, 6.07) is 19.3. The second-order valence-corrected chi connectivity index (χ2v) is 9.96. The van der Waals surface area contributed by atoms with Crippen LogP contribution in [0.1, 0.15) is 18.9 Å². The number of hydrogen-bond acceptors (Lipinski definition) is 4. The Labute approximate surface area is 178 Å². The van der Waals surface area contributed by atoms with Crippen molar-refractivity contribution in [3.8, 4) is 0 Å². The maximum Gasteiger partial charge on any atom is 0.265 e. The zero-order chi connectivity index (χ0) is 20.7. The largest absolute Gasteiger partial charge is 0.369 e. The Bertz CT molecular complexity index is 1180. The number of piperazine rings is 1. The Morgan fingerprint density at radius 2 is 1.60 bits per heavy atom. The lowest BCUT2D eigenvalue weighted by Gasteiger charge is -2.39. The molecule has 3 aromatic carbocycles. The number of fused-ring (bicyclic) bond motifs is 2. The average molecular weight is 422 g/mol. The minimum atomic E-state index is -3.70. The van der Waals surface area contributed by atoms with Gasteiger partial charge in [-0.05, 0) is 48.9 Å². The van der Waals surface area contributed by atoms with E-state index in [2.05, 4.69) is 16.3 Å². The Morgan fingerprint density at radius 3 is 2.43 bits per heavy atom. The fourth-order valence-corrected chi connectivity index (χ4v) is 6.76. The standard InChI is InChI=1S/C24H27N3O2S/c1-18-12-13-21-22(26-16-14-25-15-17-26)9-5-10-23(21)27(18)30(28,29)24-11-4-7-19-6-2-3-8-20(19)24/h2-11,18,25H,12-17H2,1H3. The van der Waals surface area contributed by atoms with Gasteiger partial charge in [-0.25, -0.2) is 8.42 Å². The molecule has 2 aliphatic heterocycles. The maximum absolute atomic E-state index is 14.0. The average Bonchev–Trinajstić information content (AvgIpc) is 2.78. The minimum Gasteiger partial charge on any atom is -0.369 e. The Kier molecular flexibility index (Phi) is 4.91. The van der Waals surface area contributed by atoms with Gasteiger partial charge in [0.2, 0.25) is 0 Å². The van der Waals surface area contributed by atoms with Crippen LogP contribution in [0, 0.1) is 0 Å². The van der Waals surface area contributed by atoms with Crippen LogP contribution in [-0.2, 0) is 16.4 Å². The predicted octanol–water partition coefficient (Wildman–Crippen LogP) is 3.78. The van der Waals surface area contributed by atoms with Crippen molar-refractivity contribution >= 4 is 32.2 Å². The van der Waals surface area contributed by atoms with Crippen LogP contribution in [0.5, 0.6) is 0 Å². The quantitative estimate of drug-likeness (QED) is 0.699. The van der Waals surface area contributed by atoms with Gasteiger partial charge >= 0.3 is 0 Å². The summed E-state index contributed by atoms with van der Waals surface area (Å²) >= 11 is 0. The van der Waals surface area contributed by atoms with Crippen LogP contribution in [0.25, 0.3) is 10.8 Å². The van der Waals surface area contributed by atoms with Crippen LogP contribution in [-0.4, -0.2) is 40.6 Å². The summed E-state index contributed by atoms with van der Waals surface area (Å²) < 4.78 is 29.6. The fourth-order valence-electron chi connectivity index (χ4n) is 4.83. The minimum absolute atomic E-state index is 0.0836. The highest BCUT2D eigenvalue weighted by Crippen LogP contribution is 2.41. The number of sulfonamides is 1. The van der Waals surface area contributed by atoms with Gasteiger partial charge in [0.05, 0.1) is 10.6 Å². The van der Waals surface area contributed by atoms with E-state index in [4.69, 9.17) is 0 Å². The van der Waals surface area contributed by atoms with Crippen LogP contribution in [0.2, 0.25) is 0 Å². The van der Waals surface area contributed by atoms with Gasteiger partial charge in [0, 0.05) is 43.3 Å². The molecule has 2 aliphatic rings. The molecule has 0 amide bonds. The highest BCUT2D eigenvalue weighted by Gasteiger charge is 2.36. The first-order valence-corrected chi connectivity index (χ1v) is 12.1. The predicted molar refractivity (Wildman–Crippen MR) is 123 cm³/mol. The molecule has 1 saturated heterocycles. The van der Waals surface area contributed by atoms with E-state index in [9.17, 15) is 8.42 Å². The molecular weight excluding hydrogens is 394 g/mol. The number of benzene rings is 3. The van der Waals surface area contributed by atoms with Gasteiger partial charge in [-0.15, -0.1) is 0 Å². The number of hydrogen-bond donors (Lipinski definition) is 1. The first-order valence-electron chi connectivity index (χ1n) is 10.7. The molecule has 0 radical (unpaired) electrons. The van der Waals surface area contributed by atoms with Gasteiger partial charge in [0.25, 0.3) is 10.0 Å². The second-order valence-electron chi connectivity index (χ2n) is 8.18. The molecule has 1 unspecified atom stereocenters. The molecule has 0 aromatic heterocycles. The lowest BCUT2D eigenvalue weighted by atomic mass is 9.96. The summed E-state index contributed by atoms with van der Waals surface area (Å²) in [5.74, 6) is 0. The van der Waals surface area contributed by atoms with Gasteiger partial charge in [-0.2, -0.15) is 0 Å². The molecule has 1 fully saturated rings. The van der Waals surface area contributed by atoms with Crippen molar-refractivity contribution in [1.82, 2.24) is 5.32 Å². The molecule has 0 aliphatic carbocycles. The molecule has 6 heteroatoms. The topological polar surface area (TPSA) is 52.6 Å². The smallest absolute Gasteiger partial charge is 0.265 e. The lowest BCUT2D eigenvalue weighted by molar-refractivity contribution is 0.560. The highest BCUT2D eigenvalue weighted by atomic mass is 32.2. The maximum atomic E-state index is 14.0. The number of anilines is 2. The Morgan fingerprint density at radius 1 is 0.900 bits per heavy atom. The van der Waals surface area contributed by atoms with E-state index in [-0.39, 0.29) is 6.04 Å². The van der Waals surface area contributed by atoms with Crippen LogP contribution < -0.4 is 14.5 Å². The summed E-state index contributed by atoms with van der Waals surface area (Å²) in [6.45, 7) is 5.82. The van der Waals surface area contributed by atoms with Crippen molar-refractivity contribution < 1.29 is 8.42 Å². The van der Waals surface area contributed by atoms with Gasteiger partial charge in [-0.1, -0.05) is 42.5 Å².